The van der Waals surface area contributed by atoms with Gasteiger partial charge in [-0.25, -0.2) is 4.98 Å². The van der Waals surface area contributed by atoms with E-state index < -0.39 is 0 Å². The van der Waals surface area contributed by atoms with Crippen molar-refractivity contribution in [3.63, 3.8) is 0 Å². The lowest BCUT2D eigenvalue weighted by Gasteiger charge is -2.12. The van der Waals surface area contributed by atoms with Crippen molar-refractivity contribution in [2.75, 3.05) is 0 Å². The summed E-state index contributed by atoms with van der Waals surface area (Å²) < 4.78 is 0.997. The summed E-state index contributed by atoms with van der Waals surface area (Å²) in [7, 11) is 0. The average Bonchev–Trinajstić information content (AvgIpc) is 2.34. The molecule has 1 atom stereocenters. The molecule has 0 radical (unpaired) electrons. The van der Waals surface area contributed by atoms with E-state index in [9.17, 15) is 0 Å². The third-order valence-electron chi connectivity index (χ3n) is 2.67. The molecule has 0 saturated heterocycles. The normalized spacial score (nSPS) is 12.4. The fourth-order valence-corrected chi connectivity index (χ4v) is 2.96. The Kier molecular flexibility index (Phi) is 5.02. The number of hydrogen-bond acceptors (Lipinski definition) is 3. The van der Waals surface area contributed by atoms with Gasteiger partial charge >= 0.3 is 0 Å². The van der Waals surface area contributed by atoms with Gasteiger partial charge < -0.3 is 5.73 Å². The molecule has 0 aliphatic carbocycles. The molecule has 1 unspecified atom stereocenters. The molecule has 0 saturated carbocycles. The molecule has 0 amide bonds. The van der Waals surface area contributed by atoms with Crippen molar-refractivity contribution in [3.8, 4) is 0 Å². The Bertz CT molecular complexity index is 553. The van der Waals surface area contributed by atoms with Gasteiger partial charge in [0.2, 0.25) is 0 Å². The van der Waals surface area contributed by atoms with E-state index in [0.29, 0.717) is 0 Å². The van der Waals surface area contributed by atoms with Crippen molar-refractivity contribution in [2.24, 2.45) is 5.73 Å². The minimum atomic E-state index is 0.166. The van der Waals surface area contributed by atoms with Gasteiger partial charge in [0.25, 0.3) is 0 Å². The second kappa shape index (κ2) is 6.55. The third-order valence-corrected chi connectivity index (χ3v) is 4.21. The quantitative estimate of drug-likeness (QED) is 0.909. The van der Waals surface area contributed by atoms with E-state index in [1.807, 2.05) is 25.3 Å². The molecule has 1 aromatic heterocycles. The van der Waals surface area contributed by atoms with Crippen LogP contribution in [-0.2, 0) is 6.42 Å². The van der Waals surface area contributed by atoms with Gasteiger partial charge in [-0.1, -0.05) is 29.5 Å². The third kappa shape index (κ3) is 4.34. The zero-order chi connectivity index (χ0) is 13.8. The van der Waals surface area contributed by atoms with Gasteiger partial charge in [-0.15, -0.1) is 0 Å². The fraction of sp³-hybridized carbons (Fsp3) is 0.267. The van der Waals surface area contributed by atoms with Crippen molar-refractivity contribution < 1.29 is 0 Å². The second-order valence-electron chi connectivity index (χ2n) is 4.71. The molecule has 0 aliphatic rings. The van der Waals surface area contributed by atoms with Crippen molar-refractivity contribution in [3.05, 3.63) is 52.1 Å². The molecule has 2 N–H and O–H groups in total. The molecule has 2 rings (SSSR count). The first-order chi connectivity index (χ1) is 9.04. The summed E-state index contributed by atoms with van der Waals surface area (Å²) in [5.41, 5.74) is 8.49. The van der Waals surface area contributed by atoms with Gasteiger partial charge in [-0.3, -0.25) is 0 Å². The van der Waals surface area contributed by atoms with E-state index >= 15 is 0 Å². The van der Waals surface area contributed by atoms with Crippen LogP contribution in [0.25, 0.3) is 0 Å². The fourth-order valence-electron chi connectivity index (χ4n) is 1.85. The van der Waals surface area contributed by atoms with Crippen LogP contribution in [0, 0.1) is 6.92 Å². The van der Waals surface area contributed by atoms with Gasteiger partial charge in [-0.2, -0.15) is 0 Å². The summed E-state index contributed by atoms with van der Waals surface area (Å²) in [6, 6.07) is 10.7. The number of rotatable bonds is 4. The van der Waals surface area contributed by atoms with E-state index in [4.69, 9.17) is 5.73 Å². The molecule has 1 heterocycles. The zero-order valence-electron chi connectivity index (χ0n) is 11.1. The number of pyridine rings is 1. The number of benzene rings is 1. The first kappa shape index (κ1) is 14.6. The highest BCUT2D eigenvalue weighted by atomic mass is 79.9. The number of aryl methyl sites for hydroxylation is 1. The Morgan fingerprint density at radius 3 is 2.74 bits per heavy atom. The molecule has 4 heteroatoms. The number of nitrogens with zero attached hydrogens (tertiary/aromatic N) is 1. The number of halogens is 1. The summed E-state index contributed by atoms with van der Waals surface area (Å²) in [5, 5.41) is 0.998. The Balaban J connectivity index is 2.26. The first-order valence-corrected chi connectivity index (χ1v) is 7.80. The van der Waals surface area contributed by atoms with Crippen LogP contribution in [0.4, 0.5) is 0 Å². The van der Waals surface area contributed by atoms with Gasteiger partial charge in [0.05, 0.1) is 0 Å². The summed E-state index contributed by atoms with van der Waals surface area (Å²) in [4.78, 5) is 5.64. The summed E-state index contributed by atoms with van der Waals surface area (Å²) in [5.74, 6) is 0. The number of aromatic nitrogens is 1. The molecule has 1 aromatic carbocycles. The van der Waals surface area contributed by atoms with Crippen LogP contribution in [0.15, 0.2) is 50.9 Å². The van der Waals surface area contributed by atoms with Crippen LogP contribution >= 0.6 is 27.7 Å². The lowest BCUT2D eigenvalue weighted by molar-refractivity contribution is 0.728. The van der Waals surface area contributed by atoms with Gasteiger partial charge in [0.1, 0.15) is 5.03 Å². The molecule has 0 aliphatic heterocycles. The average molecular weight is 337 g/mol. The SMILES string of the molecule is Cc1ccc(Sc2ccc(Br)cn2)c(CC(C)N)c1. The molecule has 0 fully saturated rings. The Morgan fingerprint density at radius 1 is 1.32 bits per heavy atom. The summed E-state index contributed by atoms with van der Waals surface area (Å²) in [6.07, 6.45) is 2.71. The minimum Gasteiger partial charge on any atom is -0.328 e. The van der Waals surface area contributed by atoms with Gasteiger partial charge in [0.15, 0.2) is 0 Å². The predicted octanol–water partition coefficient (Wildman–Crippen LogP) is 4.19. The molecule has 0 spiro atoms. The Labute approximate surface area is 126 Å². The highest BCUT2D eigenvalue weighted by Gasteiger charge is 2.08. The van der Waals surface area contributed by atoms with Crippen LogP contribution < -0.4 is 5.73 Å². The lowest BCUT2D eigenvalue weighted by atomic mass is 10.1. The lowest BCUT2D eigenvalue weighted by Crippen LogP contribution is -2.18. The van der Waals surface area contributed by atoms with Crippen molar-refractivity contribution in [1.29, 1.82) is 0 Å². The van der Waals surface area contributed by atoms with E-state index in [0.717, 1.165) is 15.9 Å². The van der Waals surface area contributed by atoms with Crippen molar-refractivity contribution in [2.45, 2.75) is 36.2 Å². The van der Waals surface area contributed by atoms with Crippen molar-refractivity contribution in [1.82, 2.24) is 4.98 Å². The van der Waals surface area contributed by atoms with Crippen LogP contribution in [-0.4, -0.2) is 11.0 Å². The Hall–Kier alpha value is -0.840. The van der Waals surface area contributed by atoms with Gasteiger partial charge in [0, 0.05) is 21.6 Å². The summed E-state index contributed by atoms with van der Waals surface area (Å²) in [6.45, 7) is 4.14. The first-order valence-electron chi connectivity index (χ1n) is 6.19. The van der Waals surface area contributed by atoms with Gasteiger partial charge in [-0.05, 0) is 60.0 Å². The van der Waals surface area contributed by atoms with E-state index in [-0.39, 0.29) is 6.04 Å². The van der Waals surface area contributed by atoms with Crippen LogP contribution in [0.1, 0.15) is 18.1 Å². The summed E-state index contributed by atoms with van der Waals surface area (Å²) >= 11 is 5.09. The van der Waals surface area contributed by atoms with E-state index in [1.54, 1.807) is 11.8 Å². The minimum absolute atomic E-state index is 0.166. The highest BCUT2D eigenvalue weighted by molar-refractivity contribution is 9.10. The monoisotopic (exact) mass is 336 g/mol. The van der Waals surface area contributed by atoms with Crippen LogP contribution in [0.5, 0.6) is 0 Å². The highest BCUT2D eigenvalue weighted by Crippen LogP contribution is 2.30. The largest absolute Gasteiger partial charge is 0.328 e. The van der Waals surface area contributed by atoms with Crippen molar-refractivity contribution >= 4 is 27.7 Å². The Morgan fingerprint density at radius 2 is 2.11 bits per heavy atom. The maximum absolute atomic E-state index is 5.93. The second-order valence-corrected chi connectivity index (χ2v) is 6.69. The zero-order valence-corrected chi connectivity index (χ0v) is 13.5. The van der Waals surface area contributed by atoms with E-state index in [2.05, 4.69) is 46.0 Å². The standard InChI is InChI=1S/C15H17BrN2S/c1-10-3-5-14(12(7-10)8-11(2)17)19-15-6-4-13(16)9-18-15/h3-7,9,11H,8,17H2,1-2H3. The molecule has 2 aromatic rings. The molecule has 19 heavy (non-hydrogen) atoms. The van der Waals surface area contributed by atoms with Crippen LogP contribution in [0.2, 0.25) is 0 Å². The molecular weight excluding hydrogens is 320 g/mol. The predicted molar refractivity (Wildman–Crippen MR) is 84.6 cm³/mol. The van der Waals surface area contributed by atoms with E-state index in [1.165, 1.54) is 16.0 Å². The number of nitrogens with two attached hydrogens (primary N) is 1. The molecule has 100 valence electrons. The molecular formula is C15H17BrN2S. The molecule has 2 nitrogen and oxygen atoms in total. The maximum Gasteiger partial charge on any atom is 0.101 e. The smallest absolute Gasteiger partial charge is 0.101 e. The topological polar surface area (TPSA) is 38.9 Å². The number of hydrogen-bond donors (Lipinski definition) is 1. The van der Waals surface area contributed by atoms with Crippen LogP contribution in [0.3, 0.4) is 0 Å². The maximum atomic E-state index is 5.93. The molecule has 0 bridgehead atoms.